The number of hydrogen-bond donors (Lipinski definition) is 1. The van der Waals surface area contributed by atoms with E-state index in [4.69, 9.17) is 9.47 Å². The van der Waals surface area contributed by atoms with Crippen molar-refractivity contribution in [1.82, 2.24) is 5.32 Å². The largest absolute Gasteiger partial charge is 0.383 e. The second kappa shape index (κ2) is 7.21. The molecule has 0 bridgehead atoms. The average molecular weight is 201 g/mol. The quantitative estimate of drug-likeness (QED) is 0.705. The first-order valence-electron chi connectivity index (χ1n) is 5.66. The zero-order valence-electron chi connectivity index (χ0n) is 9.42. The molecule has 1 N–H and O–H groups in total. The molecule has 1 atom stereocenters. The Hall–Kier alpha value is -0.120. The first kappa shape index (κ1) is 12.0. The summed E-state index contributed by atoms with van der Waals surface area (Å²) in [6.07, 6.45) is 3.55. The lowest BCUT2D eigenvalue weighted by atomic mass is 10.00. The molecule has 0 aromatic rings. The van der Waals surface area contributed by atoms with Gasteiger partial charge in [-0.3, -0.25) is 0 Å². The molecule has 0 spiro atoms. The maximum absolute atomic E-state index is 5.33. The predicted octanol–water partition coefficient (Wildman–Crippen LogP) is 1.43. The Kier molecular flexibility index (Phi) is 6.15. The lowest BCUT2D eigenvalue weighted by molar-refractivity contribution is 0.0637. The zero-order chi connectivity index (χ0) is 10.2. The minimum Gasteiger partial charge on any atom is -0.383 e. The van der Waals surface area contributed by atoms with Crippen LogP contribution in [0.3, 0.4) is 0 Å². The third kappa shape index (κ3) is 4.40. The van der Waals surface area contributed by atoms with Gasteiger partial charge in [0.1, 0.15) is 0 Å². The van der Waals surface area contributed by atoms with Crippen molar-refractivity contribution < 1.29 is 9.47 Å². The molecule has 3 nitrogen and oxygen atoms in total. The van der Waals surface area contributed by atoms with Crippen molar-refractivity contribution in [1.29, 1.82) is 0 Å². The molecule has 1 rings (SSSR count). The van der Waals surface area contributed by atoms with Gasteiger partial charge in [-0.15, -0.1) is 0 Å². The lowest BCUT2D eigenvalue weighted by Crippen LogP contribution is -2.37. The summed E-state index contributed by atoms with van der Waals surface area (Å²) in [5, 5.41) is 3.56. The van der Waals surface area contributed by atoms with E-state index < -0.39 is 0 Å². The van der Waals surface area contributed by atoms with Crippen LogP contribution in [0.2, 0.25) is 0 Å². The van der Waals surface area contributed by atoms with E-state index in [1.807, 2.05) is 0 Å². The molecule has 1 heterocycles. The Morgan fingerprint density at radius 1 is 1.43 bits per heavy atom. The fourth-order valence-electron chi connectivity index (χ4n) is 1.81. The van der Waals surface area contributed by atoms with Gasteiger partial charge < -0.3 is 14.8 Å². The molecule has 14 heavy (non-hydrogen) atoms. The Labute approximate surface area is 87.2 Å². The smallest absolute Gasteiger partial charge is 0.0615 e. The van der Waals surface area contributed by atoms with Crippen LogP contribution in [0.1, 0.15) is 26.2 Å². The molecule has 0 amide bonds. The molecule has 0 aromatic carbocycles. The highest BCUT2D eigenvalue weighted by atomic mass is 16.5. The fraction of sp³-hybridized carbons (Fsp3) is 1.00. The fourth-order valence-corrected chi connectivity index (χ4v) is 1.81. The number of ether oxygens (including phenoxy) is 2. The summed E-state index contributed by atoms with van der Waals surface area (Å²) in [5.41, 5.74) is 0. The van der Waals surface area contributed by atoms with Crippen molar-refractivity contribution in [2.75, 3.05) is 33.5 Å². The summed E-state index contributed by atoms with van der Waals surface area (Å²) in [4.78, 5) is 0. The van der Waals surface area contributed by atoms with E-state index in [0.717, 1.165) is 38.7 Å². The van der Waals surface area contributed by atoms with Gasteiger partial charge in [-0.25, -0.2) is 0 Å². The Balaban J connectivity index is 2.10. The van der Waals surface area contributed by atoms with Crippen molar-refractivity contribution in [2.45, 2.75) is 32.2 Å². The minimum atomic E-state index is 0.517. The van der Waals surface area contributed by atoms with Crippen LogP contribution < -0.4 is 5.32 Å². The van der Waals surface area contributed by atoms with Crippen molar-refractivity contribution >= 4 is 0 Å². The standard InChI is InChI=1S/C11H23NO2/c1-3-11(9-13-2)12-8-10-4-6-14-7-5-10/h10-12H,3-9H2,1-2H3/t11-/m1/s1. The molecule has 1 fully saturated rings. The number of hydrogen-bond acceptors (Lipinski definition) is 3. The van der Waals surface area contributed by atoms with Crippen molar-refractivity contribution in [3.63, 3.8) is 0 Å². The third-order valence-electron chi connectivity index (χ3n) is 2.90. The summed E-state index contributed by atoms with van der Waals surface area (Å²) in [6.45, 7) is 6.01. The highest BCUT2D eigenvalue weighted by molar-refractivity contribution is 4.70. The van der Waals surface area contributed by atoms with Crippen molar-refractivity contribution in [3.05, 3.63) is 0 Å². The van der Waals surface area contributed by atoms with Gasteiger partial charge in [0.15, 0.2) is 0 Å². The van der Waals surface area contributed by atoms with Gasteiger partial charge in [0.05, 0.1) is 6.61 Å². The molecule has 0 aromatic heterocycles. The first-order chi connectivity index (χ1) is 6.86. The summed E-state index contributed by atoms with van der Waals surface area (Å²) >= 11 is 0. The van der Waals surface area contributed by atoms with E-state index in [1.165, 1.54) is 12.8 Å². The van der Waals surface area contributed by atoms with Gasteiger partial charge in [-0.2, -0.15) is 0 Å². The van der Waals surface area contributed by atoms with Crippen molar-refractivity contribution in [3.8, 4) is 0 Å². The van der Waals surface area contributed by atoms with Crippen LogP contribution >= 0.6 is 0 Å². The van der Waals surface area contributed by atoms with Gasteiger partial charge in [-0.1, -0.05) is 6.92 Å². The second-order valence-corrected chi connectivity index (χ2v) is 4.02. The number of methoxy groups -OCH3 is 1. The zero-order valence-corrected chi connectivity index (χ0v) is 9.42. The Bertz CT molecular complexity index is 130. The molecular weight excluding hydrogens is 178 g/mol. The van der Waals surface area contributed by atoms with Crippen LogP contribution in [0.15, 0.2) is 0 Å². The Morgan fingerprint density at radius 3 is 2.71 bits per heavy atom. The maximum atomic E-state index is 5.33. The topological polar surface area (TPSA) is 30.5 Å². The minimum absolute atomic E-state index is 0.517. The first-order valence-corrected chi connectivity index (χ1v) is 5.66. The molecule has 0 unspecified atom stereocenters. The molecule has 0 saturated carbocycles. The highest BCUT2D eigenvalue weighted by Crippen LogP contribution is 2.13. The van der Waals surface area contributed by atoms with Crippen LogP contribution in [0.4, 0.5) is 0 Å². The van der Waals surface area contributed by atoms with Crippen LogP contribution in [-0.4, -0.2) is 39.5 Å². The van der Waals surface area contributed by atoms with Gasteiger partial charge in [0, 0.05) is 26.4 Å². The Morgan fingerprint density at radius 2 is 2.14 bits per heavy atom. The summed E-state index contributed by atoms with van der Waals surface area (Å²) < 4.78 is 10.5. The van der Waals surface area contributed by atoms with E-state index in [-0.39, 0.29) is 0 Å². The van der Waals surface area contributed by atoms with E-state index in [0.29, 0.717) is 6.04 Å². The lowest BCUT2D eigenvalue weighted by Gasteiger charge is -2.25. The van der Waals surface area contributed by atoms with Crippen LogP contribution in [0.5, 0.6) is 0 Å². The second-order valence-electron chi connectivity index (χ2n) is 4.02. The molecular formula is C11H23NO2. The number of nitrogens with one attached hydrogen (secondary N) is 1. The van der Waals surface area contributed by atoms with Crippen molar-refractivity contribution in [2.24, 2.45) is 5.92 Å². The molecule has 3 heteroatoms. The SMILES string of the molecule is CC[C@H](COC)NCC1CCOCC1. The maximum Gasteiger partial charge on any atom is 0.0615 e. The van der Waals surface area contributed by atoms with Gasteiger partial charge in [0.25, 0.3) is 0 Å². The van der Waals surface area contributed by atoms with E-state index >= 15 is 0 Å². The van der Waals surface area contributed by atoms with E-state index in [9.17, 15) is 0 Å². The van der Waals surface area contributed by atoms with Gasteiger partial charge >= 0.3 is 0 Å². The molecule has 1 aliphatic rings. The molecule has 0 aliphatic carbocycles. The summed E-state index contributed by atoms with van der Waals surface area (Å²) in [5.74, 6) is 0.801. The van der Waals surface area contributed by atoms with Crippen LogP contribution in [0, 0.1) is 5.92 Å². The van der Waals surface area contributed by atoms with E-state index in [1.54, 1.807) is 7.11 Å². The molecule has 1 aliphatic heterocycles. The molecule has 0 radical (unpaired) electrons. The molecule has 84 valence electrons. The normalized spacial score (nSPS) is 21.0. The average Bonchev–Trinajstić information content (AvgIpc) is 2.25. The summed E-state index contributed by atoms with van der Waals surface area (Å²) in [7, 11) is 1.76. The summed E-state index contributed by atoms with van der Waals surface area (Å²) in [6, 6.07) is 0.517. The monoisotopic (exact) mass is 201 g/mol. The van der Waals surface area contributed by atoms with Crippen LogP contribution in [0.25, 0.3) is 0 Å². The van der Waals surface area contributed by atoms with E-state index in [2.05, 4.69) is 12.2 Å². The predicted molar refractivity (Wildman–Crippen MR) is 57.5 cm³/mol. The van der Waals surface area contributed by atoms with Gasteiger partial charge in [-0.05, 0) is 31.7 Å². The molecule has 1 saturated heterocycles. The van der Waals surface area contributed by atoms with Gasteiger partial charge in [0.2, 0.25) is 0 Å². The third-order valence-corrected chi connectivity index (χ3v) is 2.90. The van der Waals surface area contributed by atoms with Crippen LogP contribution in [-0.2, 0) is 9.47 Å². The number of rotatable bonds is 6. The highest BCUT2D eigenvalue weighted by Gasteiger charge is 2.14.